The number of H-pyrrole nitrogens is 1. The molecule has 5 nitrogen and oxygen atoms in total. The molecule has 0 atom stereocenters. The SMILES string of the molecule is NC/C(=C\N=C(c1cccc(O)c1)c1ccc2[nH]ncc2c1)C(F)(F)F. The molecule has 0 radical (unpaired) electrons. The quantitative estimate of drug-likeness (QED) is 0.622. The number of rotatable bonds is 4. The van der Waals surface area contributed by atoms with E-state index in [4.69, 9.17) is 5.73 Å². The predicted octanol–water partition coefficient (Wildman–Crippen LogP) is 3.51. The van der Waals surface area contributed by atoms with Gasteiger partial charge in [0.05, 0.1) is 23.0 Å². The monoisotopic (exact) mass is 360 g/mol. The third-order valence-corrected chi connectivity index (χ3v) is 3.77. The van der Waals surface area contributed by atoms with Crippen molar-refractivity contribution in [3.63, 3.8) is 0 Å². The van der Waals surface area contributed by atoms with Gasteiger partial charge in [0.25, 0.3) is 0 Å². The number of hydrogen-bond donors (Lipinski definition) is 3. The average Bonchev–Trinajstić information content (AvgIpc) is 3.05. The van der Waals surface area contributed by atoms with Gasteiger partial charge in [0.2, 0.25) is 0 Å². The van der Waals surface area contributed by atoms with E-state index in [0.717, 1.165) is 17.1 Å². The summed E-state index contributed by atoms with van der Waals surface area (Å²) >= 11 is 0. The first-order chi connectivity index (χ1) is 12.4. The lowest BCUT2D eigenvalue weighted by molar-refractivity contribution is -0.0923. The number of fused-ring (bicyclic) bond motifs is 1. The summed E-state index contributed by atoms with van der Waals surface area (Å²) < 4.78 is 38.8. The molecule has 4 N–H and O–H groups in total. The van der Waals surface area contributed by atoms with Gasteiger partial charge in [-0.3, -0.25) is 10.1 Å². The smallest absolute Gasteiger partial charge is 0.415 e. The third kappa shape index (κ3) is 3.75. The molecule has 0 bridgehead atoms. The molecule has 2 aromatic carbocycles. The molecule has 1 aromatic heterocycles. The van der Waals surface area contributed by atoms with E-state index >= 15 is 0 Å². The predicted molar refractivity (Wildman–Crippen MR) is 93.0 cm³/mol. The number of nitrogens with one attached hydrogen (secondary N) is 1. The molecule has 0 amide bonds. The van der Waals surface area contributed by atoms with Crippen molar-refractivity contribution in [1.82, 2.24) is 10.2 Å². The van der Waals surface area contributed by atoms with Gasteiger partial charge in [0, 0.05) is 29.3 Å². The number of phenolic OH excluding ortho intramolecular Hbond substituents is 1. The Morgan fingerprint density at radius 1 is 1.19 bits per heavy atom. The van der Waals surface area contributed by atoms with Crippen molar-refractivity contribution in [3.8, 4) is 5.75 Å². The molecular weight excluding hydrogens is 345 g/mol. The van der Waals surface area contributed by atoms with E-state index < -0.39 is 18.3 Å². The molecule has 3 rings (SSSR count). The highest BCUT2D eigenvalue weighted by Crippen LogP contribution is 2.25. The molecule has 0 aliphatic heterocycles. The number of benzene rings is 2. The summed E-state index contributed by atoms with van der Waals surface area (Å²) in [6.07, 6.45) is -2.23. The maximum Gasteiger partial charge on any atom is 0.415 e. The Hall–Kier alpha value is -3.13. The highest BCUT2D eigenvalue weighted by Gasteiger charge is 2.32. The minimum absolute atomic E-state index is 0.0153. The van der Waals surface area contributed by atoms with Gasteiger partial charge in [-0.05, 0) is 24.3 Å². The van der Waals surface area contributed by atoms with E-state index in [9.17, 15) is 18.3 Å². The van der Waals surface area contributed by atoms with Crippen LogP contribution in [0.5, 0.6) is 5.75 Å². The number of aromatic hydroxyl groups is 1. The number of nitrogens with zero attached hydrogens (tertiary/aromatic N) is 2. The van der Waals surface area contributed by atoms with E-state index in [1.54, 1.807) is 36.5 Å². The molecular formula is C18H15F3N4O. The lowest BCUT2D eigenvalue weighted by Gasteiger charge is -2.10. The summed E-state index contributed by atoms with van der Waals surface area (Å²) in [5.74, 6) is -0.0153. The molecule has 3 aromatic rings. The van der Waals surface area contributed by atoms with Crippen LogP contribution in [0.2, 0.25) is 0 Å². The molecule has 0 saturated heterocycles. The summed E-state index contributed by atoms with van der Waals surface area (Å²) in [6.45, 7) is -0.679. The van der Waals surface area contributed by atoms with Crippen molar-refractivity contribution in [2.24, 2.45) is 10.7 Å². The minimum Gasteiger partial charge on any atom is -0.508 e. The van der Waals surface area contributed by atoms with Gasteiger partial charge >= 0.3 is 6.18 Å². The topological polar surface area (TPSA) is 87.3 Å². The maximum absolute atomic E-state index is 12.9. The number of aromatic amines is 1. The second kappa shape index (κ2) is 7.01. The summed E-state index contributed by atoms with van der Waals surface area (Å²) in [5.41, 5.74) is 6.38. The van der Waals surface area contributed by atoms with E-state index in [1.807, 2.05) is 0 Å². The van der Waals surface area contributed by atoms with Crippen molar-refractivity contribution < 1.29 is 18.3 Å². The average molecular weight is 360 g/mol. The zero-order valence-electron chi connectivity index (χ0n) is 13.5. The first-order valence-electron chi connectivity index (χ1n) is 7.65. The van der Waals surface area contributed by atoms with Crippen LogP contribution in [0, 0.1) is 0 Å². The lowest BCUT2D eigenvalue weighted by atomic mass is 10.0. The zero-order chi connectivity index (χ0) is 18.7. The Bertz CT molecular complexity index is 989. The molecule has 0 aliphatic rings. The Kier molecular flexibility index (Phi) is 4.77. The van der Waals surface area contributed by atoms with Gasteiger partial charge < -0.3 is 10.8 Å². The second-order valence-corrected chi connectivity index (χ2v) is 5.56. The fraction of sp³-hybridized carbons (Fsp3) is 0.111. The Morgan fingerprint density at radius 2 is 1.96 bits per heavy atom. The van der Waals surface area contributed by atoms with Crippen LogP contribution in [0.1, 0.15) is 11.1 Å². The fourth-order valence-electron chi connectivity index (χ4n) is 2.44. The van der Waals surface area contributed by atoms with E-state index in [0.29, 0.717) is 11.1 Å². The summed E-state index contributed by atoms with van der Waals surface area (Å²) in [6, 6.07) is 11.4. The number of phenols is 1. The summed E-state index contributed by atoms with van der Waals surface area (Å²) in [4.78, 5) is 4.05. The van der Waals surface area contributed by atoms with E-state index in [-0.39, 0.29) is 11.5 Å². The Morgan fingerprint density at radius 3 is 2.65 bits per heavy atom. The van der Waals surface area contributed by atoms with Crippen molar-refractivity contribution >= 4 is 16.6 Å². The van der Waals surface area contributed by atoms with Crippen LogP contribution in [0.3, 0.4) is 0 Å². The zero-order valence-corrected chi connectivity index (χ0v) is 13.5. The van der Waals surface area contributed by atoms with Gasteiger partial charge in [-0.15, -0.1) is 0 Å². The molecule has 0 saturated carbocycles. The van der Waals surface area contributed by atoms with Crippen molar-refractivity contribution in [2.45, 2.75) is 6.18 Å². The highest BCUT2D eigenvalue weighted by atomic mass is 19.4. The van der Waals surface area contributed by atoms with Crippen molar-refractivity contribution in [3.05, 3.63) is 71.6 Å². The molecule has 0 fully saturated rings. The molecule has 0 spiro atoms. The number of nitrogens with two attached hydrogens (primary N) is 1. The molecule has 134 valence electrons. The van der Waals surface area contributed by atoms with Crippen LogP contribution < -0.4 is 5.73 Å². The normalized spacial score (nSPS) is 13.4. The van der Waals surface area contributed by atoms with Crippen LogP contribution in [0.4, 0.5) is 13.2 Å². The van der Waals surface area contributed by atoms with E-state index in [2.05, 4.69) is 15.2 Å². The van der Waals surface area contributed by atoms with Crippen molar-refractivity contribution in [1.29, 1.82) is 0 Å². The van der Waals surface area contributed by atoms with Gasteiger partial charge in [0.1, 0.15) is 5.75 Å². The van der Waals surface area contributed by atoms with Crippen molar-refractivity contribution in [2.75, 3.05) is 6.54 Å². The van der Waals surface area contributed by atoms with Gasteiger partial charge in [-0.25, -0.2) is 0 Å². The first kappa shape index (κ1) is 17.7. The molecule has 8 heteroatoms. The largest absolute Gasteiger partial charge is 0.508 e. The maximum atomic E-state index is 12.9. The molecule has 0 unspecified atom stereocenters. The van der Waals surface area contributed by atoms with Gasteiger partial charge in [-0.2, -0.15) is 18.3 Å². The van der Waals surface area contributed by atoms with Crippen LogP contribution in [0.25, 0.3) is 10.9 Å². The standard InChI is InChI=1S/C18H15F3N4O/c19-18(20,21)14(8-22)10-23-17(11-2-1-3-15(26)7-11)12-4-5-16-13(6-12)9-24-25-16/h1-7,9-10,26H,8,22H2,(H,24,25)/b14-10+,23-17?. The van der Waals surface area contributed by atoms with E-state index in [1.165, 1.54) is 12.1 Å². The first-order valence-corrected chi connectivity index (χ1v) is 7.65. The van der Waals surface area contributed by atoms with Crippen LogP contribution >= 0.6 is 0 Å². The minimum atomic E-state index is -4.56. The molecule has 1 heterocycles. The number of aliphatic imine (C=N–C) groups is 1. The number of aromatic nitrogens is 2. The molecule has 0 aliphatic carbocycles. The summed E-state index contributed by atoms with van der Waals surface area (Å²) in [5, 5.41) is 17.2. The van der Waals surface area contributed by atoms with Crippen LogP contribution in [0.15, 0.2) is 65.4 Å². The third-order valence-electron chi connectivity index (χ3n) is 3.77. The molecule has 26 heavy (non-hydrogen) atoms. The van der Waals surface area contributed by atoms with Gasteiger partial charge in [0.15, 0.2) is 0 Å². The second-order valence-electron chi connectivity index (χ2n) is 5.56. The Balaban J connectivity index is 2.15. The summed E-state index contributed by atoms with van der Waals surface area (Å²) in [7, 11) is 0. The highest BCUT2D eigenvalue weighted by molar-refractivity contribution is 6.14. The fourth-order valence-corrected chi connectivity index (χ4v) is 2.44. The number of alkyl halides is 3. The lowest BCUT2D eigenvalue weighted by Crippen LogP contribution is -2.19. The number of halogens is 3. The van der Waals surface area contributed by atoms with Crippen LogP contribution in [-0.4, -0.2) is 33.7 Å². The Labute approximate surface area is 146 Å². The van der Waals surface area contributed by atoms with Gasteiger partial charge in [-0.1, -0.05) is 18.2 Å². The van der Waals surface area contributed by atoms with Crippen LogP contribution in [-0.2, 0) is 0 Å². The number of hydrogen-bond acceptors (Lipinski definition) is 4.